The van der Waals surface area contributed by atoms with Crippen LogP contribution < -0.4 is 5.32 Å². The average molecular weight is 165 g/mol. The van der Waals surface area contributed by atoms with E-state index in [4.69, 9.17) is 0 Å². The Labute approximate surface area is 71.6 Å². The van der Waals surface area contributed by atoms with Crippen LogP contribution in [0.2, 0.25) is 0 Å². The SMILES string of the molecule is CNc1ccc(C2CC2)c(F)c1. The molecule has 0 radical (unpaired) electrons. The number of hydrogen-bond donors (Lipinski definition) is 1. The third kappa shape index (κ3) is 1.29. The van der Waals surface area contributed by atoms with Gasteiger partial charge in [-0.1, -0.05) is 6.07 Å². The predicted molar refractivity (Wildman–Crippen MR) is 47.9 cm³/mol. The van der Waals surface area contributed by atoms with Crippen LogP contribution in [0.15, 0.2) is 18.2 Å². The molecule has 0 heterocycles. The summed E-state index contributed by atoms with van der Waals surface area (Å²) in [5.74, 6) is 0.431. The molecule has 64 valence electrons. The maximum Gasteiger partial charge on any atom is 0.128 e. The van der Waals surface area contributed by atoms with Crippen LogP contribution in [0.25, 0.3) is 0 Å². The maximum atomic E-state index is 13.3. The van der Waals surface area contributed by atoms with Crippen LogP contribution in [0.4, 0.5) is 10.1 Å². The highest BCUT2D eigenvalue weighted by Crippen LogP contribution is 2.41. The topological polar surface area (TPSA) is 12.0 Å². The molecule has 1 N–H and O–H groups in total. The van der Waals surface area contributed by atoms with Gasteiger partial charge in [-0.3, -0.25) is 0 Å². The Bertz CT molecular complexity index is 292. The fourth-order valence-corrected chi connectivity index (χ4v) is 1.41. The molecule has 2 rings (SSSR count). The highest BCUT2D eigenvalue weighted by atomic mass is 19.1. The molecule has 0 spiro atoms. The van der Waals surface area contributed by atoms with Gasteiger partial charge in [0.2, 0.25) is 0 Å². The van der Waals surface area contributed by atoms with Gasteiger partial charge in [0, 0.05) is 12.7 Å². The zero-order valence-electron chi connectivity index (χ0n) is 7.10. The Hall–Kier alpha value is -1.05. The Morgan fingerprint density at radius 1 is 1.42 bits per heavy atom. The Morgan fingerprint density at radius 2 is 2.17 bits per heavy atom. The molecule has 0 unspecified atom stereocenters. The molecule has 2 heteroatoms. The summed E-state index contributed by atoms with van der Waals surface area (Å²) in [5.41, 5.74) is 1.73. The summed E-state index contributed by atoms with van der Waals surface area (Å²) < 4.78 is 13.3. The smallest absolute Gasteiger partial charge is 0.128 e. The third-order valence-corrected chi connectivity index (χ3v) is 2.31. The fraction of sp³-hybridized carbons (Fsp3) is 0.400. The third-order valence-electron chi connectivity index (χ3n) is 2.31. The van der Waals surface area contributed by atoms with Crippen LogP contribution in [0.1, 0.15) is 24.3 Å². The molecule has 1 aromatic carbocycles. The minimum atomic E-state index is -0.0654. The van der Waals surface area contributed by atoms with Crippen molar-refractivity contribution in [2.45, 2.75) is 18.8 Å². The first-order valence-corrected chi connectivity index (χ1v) is 4.28. The molecule has 1 aliphatic carbocycles. The summed E-state index contributed by atoms with van der Waals surface area (Å²) in [6.45, 7) is 0. The predicted octanol–water partition coefficient (Wildman–Crippen LogP) is 2.74. The van der Waals surface area contributed by atoms with Crippen LogP contribution in [0, 0.1) is 5.82 Å². The number of nitrogens with one attached hydrogen (secondary N) is 1. The van der Waals surface area contributed by atoms with E-state index in [-0.39, 0.29) is 5.82 Å². The van der Waals surface area contributed by atoms with E-state index in [2.05, 4.69) is 5.32 Å². The van der Waals surface area contributed by atoms with E-state index in [1.165, 1.54) is 0 Å². The lowest BCUT2D eigenvalue weighted by Gasteiger charge is -2.03. The minimum absolute atomic E-state index is 0.0654. The van der Waals surface area contributed by atoms with E-state index in [9.17, 15) is 4.39 Å². The van der Waals surface area contributed by atoms with Crippen molar-refractivity contribution in [3.63, 3.8) is 0 Å². The molecule has 1 aromatic rings. The standard InChI is InChI=1S/C10H12FN/c1-12-8-4-5-9(7-2-3-7)10(11)6-8/h4-7,12H,2-3H2,1H3. The van der Waals surface area contributed by atoms with Crippen LogP contribution >= 0.6 is 0 Å². The number of hydrogen-bond acceptors (Lipinski definition) is 1. The van der Waals surface area contributed by atoms with Crippen LogP contribution in [-0.4, -0.2) is 7.05 Å². The second-order valence-corrected chi connectivity index (χ2v) is 3.26. The quantitative estimate of drug-likeness (QED) is 0.710. The summed E-state index contributed by atoms with van der Waals surface area (Å²) in [7, 11) is 1.80. The van der Waals surface area contributed by atoms with Gasteiger partial charge in [0.25, 0.3) is 0 Å². The van der Waals surface area contributed by atoms with Crippen molar-refractivity contribution >= 4 is 5.69 Å². The normalized spacial score (nSPS) is 16.2. The van der Waals surface area contributed by atoms with Crippen molar-refractivity contribution in [1.29, 1.82) is 0 Å². The highest BCUT2D eigenvalue weighted by molar-refractivity contribution is 5.46. The first kappa shape index (κ1) is 7.59. The summed E-state index contributed by atoms with van der Waals surface area (Å²) in [4.78, 5) is 0. The lowest BCUT2D eigenvalue weighted by molar-refractivity contribution is 0.611. The van der Waals surface area contributed by atoms with E-state index >= 15 is 0 Å². The first-order valence-electron chi connectivity index (χ1n) is 4.28. The van der Waals surface area contributed by atoms with Gasteiger partial charge in [-0.25, -0.2) is 4.39 Å². The second-order valence-electron chi connectivity index (χ2n) is 3.26. The molecule has 0 bridgehead atoms. The molecule has 0 aromatic heterocycles. The van der Waals surface area contributed by atoms with Gasteiger partial charge in [-0.15, -0.1) is 0 Å². The summed E-state index contributed by atoms with van der Waals surface area (Å²) in [5, 5.41) is 2.91. The molecule has 1 saturated carbocycles. The zero-order chi connectivity index (χ0) is 8.55. The average Bonchev–Trinajstić information content (AvgIpc) is 2.87. The monoisotopic (exact) mass is 165 g/mol. The minimum Gasteiger partial charge on any atom is -0.388 e. The molecule has 0 saturated heterocycles. The summed E-state index contributed by atoms with van der Waals surface area (Å²) in [6, 6.07) is 5.38. The van der Waals surface area contributed by atoms with E-state index in [0.29, 0.717) is 5.92 Å². The number of rotatable bonds is 2. The van der Waals surface area contributed by atoms with Gasteiger partial charge in [-0.05, 0) is 36.5 Å². The molecule has 1 fully saturated rings. The van der Waals surface area contributed by atoms with Gasteiger partial charge in [-0.2, -0.15) is 0 Å². The van der Waals surface area contributed by atoms with Crippen LogP contribution in [0.3, 0.4) is 0 Å². The molecular weight excluding hydrogens is 153 g/mol. The van der Waals surface area contributed by atoms with Crippen molar-refractivity contribution in [1.82, 2.24) is 0 Å². The van der Waals surface area contributed by atoms with E-state index in [0.717, 1.165) is 24.1 Å². The lowest BCUT2D eigenvalue weighted by Crippen LogP contribution is -1.92. The van der Waals surface area contributed by atoms with Crippen molar-refractivity contribution < 1.29 is 4.39 Å². The second kappa shape index (κ2) is 2.77. The number of benzene rings is 1. The van der Waals surface area contributed by atoms with Crippen molar-refractivity contribution in [2.24, 2.45) is 0 Å². The molecule has 1 nitrogen and oxygen atoms in total. The molecule has 0 atom stereocenters. The van der Waals surface area contributed by atoms with Gasteiger partial charge in [0.15, 0.2) is 0 Å². The van der Waals surface area contributed by atoms with E-state index in [1.54, 1.807) is 13.1 Å². The maximum absolute atomic E-state index is 13.3. The number of halogens is 1. The van der Waals surface area contributed by atoms with E-state index < -0.39 is 0 Å². The van der Waals surface area contributed by atoms with Gasteiger partial charge >= 0.3 is 0 Å². The van der Waals surface area contributed by atoms with Gasteiger partial charge < -0.3 is 5.32 Å². The van der Waals surface area contributed by atoms with Crippen molar-refractivity contribution in [3.05, 3.63) is 29.6 Å². The molecular formula is C10H12FN. The molecule has 12 heavy (non-hydrogen) atoms. The summed E-state index contributed by atoms with van der Waals surface area (Å²) >= 11 is 0. The largest absolute Gasteiger partial charge is 0.388 e. The van der Waals surface area contributed by atoms with Crippen molar-refractivity contribution in [3.8, 4) is 0 Å². The fourth-order valence-electron chi connectivity index (χ4n) is 1.41. The number of anilines is 1. The molecule has 0 amide bonds. The highest BCUT2D eigenvalue weighted by Gasteiger charge is 2.26. The molecule has 1 aliphatic rings. The first-order chi connectivity index (χ1) is 5.81. The zero-order valence-corrected chi connectivity index (χ0v) is 7.10. The van der Waals surface area contributed by atoms with Gasteiger partial charge in [0.05, 0.1) is 0 Å². The molecule has 0 aliphatic heterocycles. The van der Waals surface area contributed by atoms with E-state index in [1.807, 2.05) is 12.1 Å². The van der Waals surface area contributed by atoms with Crippen LogP contribution in [0.5, 0.6) is 0 Å². The Morgan fingerprint density at radius 3 is 2.67 bits per heavy atom. The Balaban J connectivity index is 2.32. The van der Waals surface area contributed by atoms with Gasteiger partial charge in [0.1, 0.15) is 5.82 Å². The van der Waals surface area contributed by atoms with Crippen LogP contribution in [-0.2, 0) is 0 Å². The Kier molecular flexibility index (Phi) is 1.75. The lowest BCUT2D eigenvalue weighted by atomic mass is 10.1. The summed E-state index contributed by atoms with van der Waals surface area (Å²) in [6.07, 6.45) is 2.30. The van der Waals surface area contributed by atoms with Crippen molar-refractivity contribution in [2.75, 3.05) is 12.4 Å².